The minimum Gasteiger partial charge on any atom is -0.412 e. The molecule has 6 heteroatoms. The van der Waals surface area contributed by atoms with Gasteiger partial charge in [-0.15, -0.1) is 0 Å². The summed E-state index contributed by atoms with van der Waals surface area (Å²) in [5, 5.41) is 5.70. The lowest BCUT2D eigenvalue weighted by Gasteiger charge is -2.20. The highest BCUT2D eigenvalue weighted by atomic mass is 32.1. The zero-order chi connectivity index (χ0) is 8.85. The van der Waals surface area contributed by atoms with E-state index in [1.165, 1.54) is 0 Å². The van der Waals surface area contributed by atoms with Gasteiger partial charge in [0, 0.05) is 12.6 Å². The number of thiocarbonyl (C=S) groups is 2. The Morgan fingerprint density at radius 1 is 1.36 bits per heavy atom. The molecule has 0 amide bonds. The molecule has 0 aromatic rings. The molecule has 0 rings (SSSR count). The van der Waals surface area contributed by atoms with E-state index in [4.69, 9.17) is 0 Å². The van der Waals surface area contributed by atoms with Crippen LogP contribution in [0, 0.1) is 0 Å². The largest absolute Gasteiger partial charge is 0.412 e. The van der Waals surface area contributed by atoms with Crippen LogP contribution >= 0.6 is 24.4 Å². The molecule has 1 unspecified atom stereocenters. The average molecular weight is 224 g/mol. The van der Waals surface area contributed by atoms with E-state index in [1.807, 2.05) is 6.92 Å². The van der Waals surface area contributed by atoms with Crippen molar-refractivity contribution in [3.8, 4) is 0 Å². The second kappa shape index (κ2) is 5.82. The number of rotatable bonds is 3. The normalized spacial score (nSPS) is 11.7. The van der Waals surface area contributed by atoms with Gasteiger partial charge in [0.15, 0.2) is 0 Å². The van der Waals surface area contributed by atoms with Crippen molar-refractivity contribution in [2.45, 2.75) is 13.0 Å². The van der Waals surface area contributed by atoms with Crippen molar-refractivity contribution in [2.24, 2.45) is 0 Å². The summed E-state index contributed by atoms with van der Waals surface area (Å²) in [7, 11) is 0. The van der Waals surface area contributed by atoms with Crippen LogP contribution < -0.4 is 10.6 Å². The smallest absolute Gasteiger partial charge is 0.0390 e. The Balaban J connectivity index is 3.44. The van der Waals surface area contributed by atoms with E-state index in [1.54, 1.807) is 0 Å². The summed E-state index contributed by atoms with van der Waals surface area (Å²) in [5.74, 6) is 0. The molecular weight excluding hydrogens is 216 g/mol. The van der Waals surface area contributed by atoms with Crippen LogP contribution in [0.15, 0.2) is 0 Å². The lowest BCUT2D eigenvalue weighted by atomic mass is 10.3. The Kier molecular flexibility index (Phi) is 5.93. The van der Waals surface area contributed by atoms with E-state index in [-0.39, 0.29) is 6.04 Å². The van der Waals surface area contributed by atoms with E-state index in [0.29, 0.717) is 15.2 Å². The lowest BCUT2D eigenvalue weighted by molar-refractivity contribution is 0.653. The second-order valence-corrected chi connectivity index (χ2v) is 4.15. The quantitative estimate of drug-likeness (QED) is 0.525. The van der Waals surface area contributed by atoms with Gasteiger partial charge in [-0.25, -0.2) is 0 Å². The lowest BCUT2D eigenvalue weighted by Crippen LogP contribution is -2.39. The van der Waals surface area contributed by atoms with Gasteiger partial charge in [0.2, 0.25) is 0 Å². The monoisotopic (exact) mass is 224 g/mol. The molecule has 0 aliphatic rings. The average Bonchev–Trinajstić information content (AvgIpc) is 1.82. The van der Waals surface area contributed by atoms with Crippen LogP contribution in [-0.2, 0) is 25.3 Å². The highest BCUT2D eigenvalue weighted by Gasteiger charge is 1.95. The SMILES string of the molecule is CC(CNC(=S)[S-])NC(=S)[S-]. The third kappa shape index (κ3) is 8.12. The Bertz CT molecular complexity index is 159. The van der Waals surface area contributed by atoms with Crippen LogP contribution in [0.25, 0.3) is 0 Å². The summed E-state index contributed by atoms with van der Waals surface area (Å²) in [5.41, 5.74) is 0. The first-order valence-corrected chi connectivity index (χ1v) is 4.58. The first kappa shape index (κ1) is 11.2. The molecule has 64 valence electrons. The molecule has 0 aliphatic carbocycles. The highest BCUT2D eigenvalue weighted by Crippen LogP contribution is 1.79. The van der Waals surface area contributed by atoms with Gasteiger partial charge in [0.25, 0.3) is 0 Å². The molecule has 1 atom stereocenters. The first-order valence-electron chi connectivity index (χ1n) is 2.94. The van der Waals surface area contributed by atoms with Gasteiger partial charge in [-0.2, -0.15) is 0 Å². The molecule has 11 heavy (non-hydrogen) atoms. The maximum Gasteiger partial charge on any atom is 0.0390 e. The van der Waals surface area contributed by atoms with Crippen molar-refractivity contribution in [3.05, 3.63) is 0 Å². The zero-order valence-electron chi connectivity index (χ0n) is 5.92. The molecule has 0 saturated carbocycles. The minimum absolute atomic E-state index is 0.167. The van der Waals surface area contributed by atoms with Crippen molar-refractivity contribution in [1.29, 1.82) is 0 Å². The van der Waals surface area contributed by atoms with Crippen LogP contribution in [0.2, 0.25) is 0 Å². The van der Waals surface area contributed by atoms with Gasteiger partial charge in [-0.3, -0.25) is 0 Å². The number of hydrogen-bond acceptors (Lipinski definition) is 4. The van der Waals surface area contributed by atoms with E-state index < -0.39 is 0 Å². The molecule has 0 saturated heterocycles. The molecule has 0 radical (unpaired) electrons. The molecule has 0 aliphatic heterocycles. The van der Waals surface area contributed by atoms with Crippen molar-refractivity contribution in [3.63, 3.8) is 0 Å². The zero-order valence-corrected chi connectivity index (χ0v) is 9.18. The third-order valence-electron chi connectivity index (χ3n) is 0.917. The standard InChI is InChI=1S/C5H10N2S4/c1-3(7-5(10)11)2-6-4(8)9/h3H,2H2,1H3,(H2,6,8,9)(H2,7,10,11)/p-2. The summed E-state index contributed by atoms with van der Waals surface area (Å²) in [6.07, 6.45) is 0. The highest BCUT2D eigenvalue weighted by molar-refractivity contribution is 8.00. The first-order chi connectivity index (χ1) is 5.02. The van der Waals surface area contributed by atoms with Crippen molar-refractivity contribution in [2.75, 3.05) is 6.54 Å². The Hall–Kier alpha value is 0.220. The fraction of sp³-hybridized carbons (Fsp3) is 0.600. The van der Waals surface area contributed by atoms with Crippen LogP contribution in [0.3, 0.4) is 0 Å². The van der Waals surface area contributed by atoms with Crippen molar-refractivity contribution in [1.82, 2.24) is 10.6 Å². The fourth-order valence-electron chi connectivity index (χ4n) is 0.489. The molecule has 2 nitrogen and oxygen atoms in total. The fourth-order valence-corrected chi connectivity index (χ4v) is 1.06. The molecule has 0 heterocycles. The van der Waals surface area contributed by atoms with Gasteiger partial charge in [-0.1, -0.05) is 8.64 Å². The molecule has 0 fully saturated rings. The van der Waals surface area contributed by atoms with Crippen LogP contribution in [0.1, 0.15) is 6.92 Å². The Morgan fingerprint density at radius 2 is 1.91 bits per heavy atom. The maximum atomic E-state index is 4.67. The number of nitrogens with one attached hydrogen (secondary N) is 2. The predicted octanol–water partition coefficient (Wildman–Crippen LogP) is 0.218. The molecule has 0 aromatic heterocycles. The van der Waals surface area contributed by atoms with E-state index in [9.17, 15) is 0 Å². The third-order valence-corrected chi connectivity index (χ3v) is 1.44. The van der Waals surface area contributed by atoms with Crippen molar-refractivity contribution >= 4 is 58.3 Å². The van der Waals surface area contributed by atoms with Crippen LogP contribution in [0.5, 0.6) is 0 Å². The van der Waals surface area contributed by atoms with Gasteiger partial charge in [0.05, 0.1) is 0 Å². The molecule has 0 aromatic carbocycles. The van der Waals surface area contributed by atoms with Gasteiger partial charge >= 0.3 is 0 Å². The van der Waals surface area contributed by atoms with Crippen LogP contribution in [-0.4, -0.2) is 21.2 Å². The topological polar surface area (TPSA) is 24.1 Å². The molecular formula is C5H8N2S4-2. The van der Waals surface area contributed by atoms with Crippen LogP contribution in [0.4, 0.5) is 0 Å². The summed E-state index contributed by atoms with van der Waals surface area (Å²) in [6, 6.07) is 0.167. The Morgan fingerprint density at radius 3 is 2.27 bits per heavy atom. The maximum absolute atomic E-state index is 4.67. The summed E-state index contributed by atoms with van der Waals surface area (Å²) in [4.78, 5) is 0. The van der Waals surface area contributed by atoms with Crippen molar-refractivity contribution < 1.29 is 0 Å². The molecule has 0 bridgehead atoms. The summed E-state index contributed by atoms with van der Waals surface area (Å²) >= 11 is 18.6. The molecule has 2 N–H and O–H groups in total. The molecule has 0 spiro atoms. The second-order valence-electron chi connectivity index (χ2n) is 2.00. The summed E-state index contributed by atoms with van der Waals surface area (Å²) in [6.45, 7) is 2.60. The van der Waals surface area contributed by atoms with Gasteiger partial charge < -0.3 is 60.3 Å². The Labute approximate surface area is 88.3 Å². The summed E-state index contributed by atoms with van der Waals surface area (Å²) < 4.78 is 0.739. The van der Waals surface area contributed by atoms with E-state index >= 15 is 0 Å². The van der Waals surface area contributed by atoms with Gasteiger partial charge in [-0.05, 0) is 6.92 Å². The predicted molar refractivity (Wildman–Crippen MR) is 60.5 cm³/mol. The minimum atomic E-state index is 0.167. The number of hydrogen-bond donors (Lipinski definition) is 2. The van der Waals surface area contributed by atoms with E-state index in [2.05, 4.69) is 60.3 Å². The van der Waals surface area contributed by atoms with Gasteiger partial charge in [0.1, 0.15) is 0 Å². The van der Waals surface area contributed by atoms with E-state index in [0.717, 1.165) is 0 Å².